The molecule has 2 aliphatic rings. The largest absolute Gasteiger partial charge is 0.381 e. The Morgan fingerprint density at radius 2 is 1.94 bits per heavy atom. The molecule has 0 bridgehead atoms. The maximum absolute atomic E-state index is 5.50. The van der Waals surface area contributed by atoms with E-state index in [2.05, 4.69) is 31.1 Å². The van der Waals surface area contributed by atoms with Crippen LogP contribution in [0.5, 0.6) is 0 Å². The quantitative estimate of drug-likeness (QED) is 0.815. The maximum Gasteiger partial charge on any atom is 0.0586 e. The van der Waals surface area contributed by atoms with Gasteiger partial charge < -0.3 is 10.1 Å². The number of ether oxygens (including phenoxy) is 1. The van der Waals surface area contributed by atoms with Gasteiger partial charge >= 0.3 is 0 Å². The highest BCUT2D eigenvalue weighted by atomic mass is 16.5. The van der Waals surface area contributed by atoms with E-state index in [4.69, 9.17) is 4.74 Å². The van der Waals surface area contributed by atoms with Crippen molar-refractivity contribution in [2.75, 3.05) is 20.7 Å². The van der Waals surface area contributed by atoms with Gasteiger partial charge in [-0.3, -0.25) is 4.90 Å². The molecule has 0 radical (unpaired) electrons. The molecule has 0 aromatic rings. The van der Waals surface area contributed by atoms with Crippen LogP contribution in [0.2, 0.25) is 0 Å². The van der Waals surface area contributed by atoms with Gasteiger partial charge in [0.15, 0.2) is 0 Å². The molecule has 0 aromatic heterocycles. The molecular formula is C14H28N2O. The van der Waals surface area contributed by atoms with Crippen LogP contribution in [-0.4, -0.2) is 49.8 Å². The van der Waals surface area contributed by atoms with Crippen molar-refractivity contribution in [1.82, 2.24) is 10.2 Å². The lowest BCUT2D eigenvalue weighted by molar-refractivity contribution is 0.0395. The first-order valence-electron chi connectivity index (χ1n) is 7.13. The number of rotatable bonds is 3. The zero-order valence-electron chi connectivity index (χ0n) is 11.8. The SMILES string of the molecule is CNC1CCN(C2CCC(OC)C2)C(C)C1C. The Morgan fingerprint density at radius 3 is 2.53 bits per heavy atom. The molecular weight excluding hydrogens is 212 g/mol. The third-order valence-electron chi connectivity index (χ3n) is 5.15. The van der Waals surface area contributed by atoms with E-state index < -0.39 is 0 Å². The smallest absolute Gasteiger partial charge is 0.0586 e. The summed E-state index contributed by atoms with van der Waals surface area (Å²) >= 11 is 0. The lowest BCUT2D eigenvalue weighted by atomic mass is 9.86. The summed E-state index contributed by atoms with van der Waals surface area (Å²) in [6.07, 6.45) is 5.59. The Morgan fingerprint density at radius 1 is 1.18 bits per heavy atom. The van der Waals surface area contributed by atoms with Crippen molar-refractivity contribution in [3.63, 3.8) is 0 Å². The second-order valence-corrected chi connectivity index (χ2v) is 5.85. The van der Waals surface area contributed by atoms with Crippen LogP contribution in [0.1, 0.15) is 39.5 Å². The van der Waals surface area contributed by atoms with E-state index in [1.807, 2.05) is 7.11 Å². The minimum Gasteiger partial charge on any atom is -0.381 e. The van der Waals surface area contributed by atoms with E-state index in [0.717, 1.165) is 12.0 Å². The van der Waals surface area contributed by atoms with Crippen LogP contribution in [0, 0.1) is 5.92 Å². The molecule has 2 fully saturated rings. The molecule has 5 atom stereocenters. The van der Waals surface area contributed by atoms with Crippen LogP contribution in [0.15, 0.2) is 0 Å². The normalized spacial score (nSPS) is 44.1. The molecule has 1 saturated heterocycles. The van der Waals surface area contributed by atoms with Crippen molar-refractivity contribution < 1.29 is 4.74 Å². The summed E-state index contributed by atoms with van der Waals surface area (Å²) in [7, 11) is 3.95. The van der Waals surface area contributed by atoms with Crippen LogP contribution >= 0.6 is 0 Å². The summed E-state index contributed by atoms with van der Waals surface area (Å²) in [6.45, 7) is 6.03. The third-order valence-corrected chi connectivity index (χ3v) is 5.15. The number of nitrogens with zero attached hydrogens (tertiary/aromatic N) is 1. The first kappa shape index (κ1) is 13.3. The third kappa shape index (κ3) is 2.67. The highest BCUT2D eigenvalue weighted by Crippen LogP contribution is 2.32. The molecule has 3 nitrogen and oxygen atoms in total. The minimum absolute atomic E-state index is 0.504. The van der Waals surface area contributed by atoms with Crippen molar-refractivity contribution in [3.05, 3.63) is 0 Å². The highest BCUT2D eigenvalue weighted by Gasteiger charge is 2.38. The summed E-state index contributed by atoms with van der Waals surface area (Å²) in [5.41, 5.74) is 0. The van der Waals surface area contributed by atoms with Gasteiger partial charge in [0.25, 0.3) is 0 Å². The first-order valence-corrected chi connectivity index (χ1v) is 7.13. The van der Waals surface area contributed by atoms with E-state index >= 15 is 0 Å². The van der Waals surface area contributed by atoms with Crippen molar-refractivity contribution in [2.45, 2.75) is 63.8 Å². The lowest BCUT2D eigenvalue weighted by Gasteiger charge is -2.45. The van der Waals surface area contributed by atoms with Gasteiger partial charge in [0.1, 0.15) is 0 Å². The second-order valence-electron chi connectivity index (χ2n) is 5.85. The number of piperidine rings is 1. The first-order chi connectivity index (χ1) is 8.17. The number of hydrogen-bond acceptors (Lipinski definition) is 3. The number of nitrogens with one attached hydrogen (secondary N) is 1. The lowest BCUT2D eigenvalue weighted by Crippen LogP contribution is -2.55. The van der Waals surface area contributed by atoms with Crippen LogP contribution in [0.3, 0.4) is 0 Å². The molecule has 100 valence electrons. The Labute approximate surface area is 106 Å². The fourth-order valence-electron chi connectivity index (χ4n) is 3.75. The van der Waals surface area contributed by atoms with Crippen LogP contribution < -0.4 is 5.32 Å². The van der Waals surface area contributed by atoms with E-state index in [-0.39, 0.29) is 0 Å². The van der Waals surface area contributed by atoms with Gasteiger partial charge in [0.2, 0.25) is 0 Å². The summed E-state index contributed by atoms with van der Waals surface area (Å²) < 4.78 is 5.50. The van der Waals surface area contributed by atoms with E-state index in [1.54, 1.807) is 0 Å². The fraction of sp³-hybridized carbons (Fsp3) is 1.00. The molecule has 17 heavy (non-hydrogen) atoms. The predicted octanol–water partition coefficient (Wildman–Crippen LogP) is 1.87. The predicted molar refractivity (Wildman–Crippen MR) is 71.2 cm³/mol. The molecule has 1 saturated carbocycles. The molecule has 0 amide bonds. The topological polar surface area (TPSA) is 24.5 Å². The van der Waals surface area contributed by atoms with Crippen LogP contribution in [0.25, 0.3) is 0 Å². The number of hydrogen-bond donors (Lipinski definition) is 1. The molecule has 0 aromatic carbocycles. The molecule has 0 spiro atoms. The number of methoxy groups -OCH3 is 1. The molecule has 2 rings (SSSR count). The summed E-state index contributed by atoms with van der Waals surface area (Å²) in [4.78, 5) is 2.73. The Balaban J connectivity index is 1.94. The van der Waals surface area contributed by atoms with Gasteiger partial charge in [0.05, 0.1) is 6.10 Å². The summed E-state index contributed by atoms with van der Waals surface area (Å²) in [5.74, 6) is 0.746. The highest BCUT2D eigenvalue weighted by molar-refractivity contribution is 4.93. The van der Waals surface area contributed by atoms with Gasteiger partial charge in [-0.25, -0.2) is 0 Å². The monoisotopic (exact) mass is 240 g/mol. The molecule has 3 heteroatoms. The number of likely N-dealkylation sites (tertiary alicyclic amines) is 1. The van der Waals surface area contributed by atoms with Gasteiger partial charge in [-0.05, 0) is 45.6 Å². The zero-order chi connectivity index (χ0) is 12.4. The minimum atomic E-state index is 0.504. The van der Waals surface area contributed by atoms with Gasteiger partial charge in [-0.1, -0.05) is 6.92 Å². The average molecular weight is 240 g/mol. The van der Waals surface area contributed by atoms with E-state index in [1.165, 1.54) is 32.2 Å². The maximum atomic E-state index is 5.50. The van der Waals surface area contributed by atoms with Gasteiger partial charge in [0, 0.05) is 31.8 Å². The Bertz CT molecular complexity index is 244. The Hall–Kier alpha value is -0.120. The average Bonchev–Trinajstić information content (AvgIpc) is 2.81. The van der Waals surface area contributed by atoms with Crippen LogP contribution in [-0.2, 0) is 4.74 Å². The standard InChI is InChI=1S/C14H28N2O/c1-10-11(2)16(8-7-14(10)15-3)12-5-6-13(9-12)17-4/h10-15H,5-9H2,1-4H3. The van der Waals surface area contributed by atoms with E-state index in [0.29, 0.717) is 18.2 Å². The fourth-order valence-corrected chi connectivity index (χ4v) is 3.75. The Kier molecular flexibility index (Phi) is 4.45. The summed E-state index contributed by atoms with van der Waals surface area (Å²) in [6, 6.07) is 2.15. The molecule has 1 N–H and O–H groups in total. The van der Waals surface area contributed by atoms with Crippen LogP contribution in [0.4, 0.5) is 0 Å². The van der Waals surface area contributed by atoms with Gasteiger partial charge in [-0.2, -0.15) is 0 Å². The van der Waals surface area contributed by atoms with E-state index in [9.17, 15) is 0 Å². The zero-order valence-corrected chi connectivity index (χ0v) is 11.8. The van der Waals surface area contributed by atoms with Crippen molar-refractivity contribution in [2.24, 2.45) is 5.92 Å². The summed E-state index contributed by atoms with van der Waals surface area (Å²) in [5, 5.41) is 3.46. The van der Waals surface area contributed by atoms with Crippen molar-refractivity contribution in [1.29, 1.82) is 0 Å². The molecule has 1 heterocycles. The molecule has 1 aliphatic carbocycles. The van der Waals surface area contributed by atoms with Gasteiger partial charge in [-0.15, -0.1) is 0 Å². The van der Waals surface area contributed by atoms with Crippen molar-refractivity contribution >= 4 is 0 Å². The second kappa shape index (κ2) is 5.68. The molecule has 5 unspecified atom stereocenters. The van der Waals surface area contributed by atoms with Crippen molar-refractivity contribution in [3.8, 4) is 0 Å². The molecule has 1 aliphatic heterocycles.